The number of aliphatic carboxylic acids is 1. The van der Waals surface area contributed by atoms with E-state index in [9.17, 15) is 10.0 Å². The lowest BCUT2D eigenvalue weighted by molar-refractivity contribution is -0.136. The fourth-order valence-electron chi connectivity index (χ4n) is 3.95. The molecule has 1 atom stereocenters. The normalized spacial score (nSPS) is 12.5. The third-order valence-corrected chi connectivity index (χ3v) is 5.64. The van der Waals surface area contributed by atoms with Crippen LogP contribution >= 0.6 is 0 Å². The van der Waals surface area contributed by atoms with Crippen LogP contribution in [0.4, 0.5) is 0 Å². The largest absolute Gasteiger partial charge is 0.481 e. The van der Waals surface area contributed by atoms with Gasteiger partial charge in [-0.05, 0) is 54.8 Å². The molecule has 8 nitrogen and oxygen atoms in total. The van der Waals surface area contributed by atoms with Gasteiger partial charge in [-0.2, -0.15) is 0 Å². The molecule has 0 spiro atoms. The Kier molecular flexibility index (Phi) is 6.77. The van der Waals surface area contributed by atoms with Gasteiger partial charge in [-0.15, -0.1) is 10.2 Å². The van der Waals surface area contributed by atoms with Crippen LogP contribution in [0.3, 0.4) is 0 Å². The third kappa shape index (κ3) is 5.17. The van der Waals surface area contributed by atoms with E-state index in [0.29, 0.717) is 17.7 Å². The van der Waals surface area contributed by atoms with E-state index in [2.05, 4.69) is 39.4 Å². The Labute approximate surface area is 196 Å². The highest BCUT2D eigenvalue weighted by Crippen LogP contribution is 2.33. The van der Waals surface area contributed by atoms with Gasteiger partial charge >= 0.3 is 5.97 Å². The first-order valence-electron chi connectivity index (χ1n) is 10.8. The summed E-state index contributed by atoms with van der Waals surface area (Å²) < 4.78 is 5.47. The van der Waals surface area contributed by atoms with Gasteiger partial charge in [-0.1, -0.05) is 41.6 Å². The molecule has 4 aromatic rings. The molecule has 0 radical (unpaired) electrons. The first-order chi connectivity index (χ1) is 16.4. The van der Waals surface area contributed by atoms with Crippen LogP contribution < -0.4 is 0 Å². The average Bonchev–Trinajstić information content (AvgIpc) is 3.28. The summed E-state index contributed by atoms with van der Waals surface area (Å²) in [7, 11) is 0. The molecule has 8 heteroatoms. The summed E-state index contributed by atoms with van der Waals surface area (Å²) in [6.45, 7) is 3.96. The molecule has 4 rings (SSSR count). The molecule has 0 fully saturated rings. The molecule has 2 aromatic heterocycles. The highest BCUT2D eigenvalue weighted by molar-refractivity contribution is 6.01. The molecule has 0 saturated carbocycles. The van der Waals surface area contributed by atoms with Crippen molar-refractivity contribution in [3.05, 3.63) is 101 Å². The maximum atomic E-state index is 10.9. The summed E-state index contributed by atoms with van der Waals surface area (Å²) in [4.78, 5) is 15.1. The van der Waals surface area contributed by atoms with Crippen molar-refractivity contribution < 1.29 is 19.5 Å². The lowest BCUT2D eigenvalue weighted by Crippen LogP contribution is -2.12. The van der Waals surface area contributed by atoms with E-state index in [0.717, 1.165) is 27.9 Å². The average molecular weight is 457 g/mol. The Hall–Kier alpha value is -4.33. The number of hydrogen-bond donors (Lipinski definition) is 2. The Morgan fingerprint density at radius 1 is 1.06 bits per heavy atom. The van der Waals surface area contributed by atoms with E-state index in [1.54, 1.807) is 6.20 Å². The van der Waals surface area contributed by atoms with Gasteiger partial charge in [0, 0.05) is 35.4 Å². The number of benzene rings is 2. The van der Waals surface area contributed by atoms with E-state index in [1.807, 2.05) is 55.5 Å². The molecule has 2 N–H and O–H groups in total. The fourth-order valence-corrected chi connectivity index (χ4v) is 3.95. The Balaban J connectivity index is 1.67. The lowest BCUT2D eigenvalue weighted by atomic mass is 9.83. The molecule has 2 heterocycles. The Morgan fingerprint density at radius 3 is 2.50 bits per heavy atom. The number of nitrogens with zero attached hydrogens (tertiary/aromatic N) is 4. The first kappa shape index (κ1) is 22.8. The molecule has 0 unspecified atom stereocenters. The number of carbonyl (C=O) groups is 1. The number of oxime groups is 1. The van der Waals surface area contributed by atoms with E-state index in [4.69, 9.17) is 9.52 Å². The minimum absolute atomic E-state index is 0.0563. The second kappa shape index (κ2) is 10.1. The van der Waals surface area contributed by atoms with Crippen molar-refractivity contribution in [1.82, 2.24) is 15.2 Å². The number of aromatic nitrogens is 3. The minimum Gasteiger partial charge on any atom is -0.481 e. The van der Waals surface area contributed by atoms with Gasteiger partial charge in [-0.3, -0.25) is 9.78 Å². The topological polar surface area (TPSA) is 122 Å². The summed E-state index contributed by atoms with van der Waals surface area (Å²) in [6, 6.07) is 19.6. The zero-order valence-corrected chi connectivity index (χ0v) is 18.8. The Bertz CT molecular complexity index is 1330. The van der Waals surface area contributed by atoms with Crippen molar-refractivity contribution >= 4 is 11.7 Å². The maximum absolute atomic E-state index is 10.9. The zero-order valence-electron chi connectivity index (χ0n) is 18.8. The summed E-state index contributed by atoms with van der Waals surface area (Å²) in [6.07, 6.45) is 1.86. The molecule has 0 saturated heterocycles. The molecule has 0 aliphatic rings. The van der Waals surface area contributed by atoms with Crippen molar-refractivity contribution in [1.29, 1.82) is 0 Å². The quantitative estimate of drug-likeness (QED) is 0.222. The summed E-state index contributed by atoms with van der Waals surface area (Å²) in [5, 5.41) is 30.1. The molecule has 0 aliphatic carbocycles. The maximum Gasteiger partial charge on any atom is 0.312 e. The van der Waals surface area contributed by atoms with Crippen LogP contribution in [-0.4, -0.2) is 37.2 Å². The molecule has 0 bridgehead atoms. The molecule has 172 valence electrons. The molecule has 0 aliphatic heterocycles. The zero-order chi connectivity index (χ0) is 24.1. The van der Waals surface area contributed by atoms with Crippen LogP contribution in [0.15, 0.2) is 76.4 Å². The summed E-state index contributed by atoms with van der Waals surface area (Å²) >= 11 is 0. The van der Waals surface area contributed by atoms with Crippen LogP contribution in [0.2, 0.25) is 0 Å². The lowest BCUT2D eigenvalue weighted by Gasteiger charge is -2.21. The van der Waals surface area contributed by atoms with Crippen molar-refractivity contribution in [2.75, 3.05) is 0 Å². The van der Waals surface area contributed by atoms with Crippen LogP contribution in [-0.2, 0) is 11.2 Å². The first-order valence-corrected chi connectivity index (χ1v) is 10.8. The van der Waals surface area contributed by atoms with Gasteiger partial charge in [0.2, 0.25) is 11.8 Å². The van der Waals surface area contributed by atoms with Crippen LogP contribution in [0, 0.1) is 13.8 Å². The number of hydrogen-bond acceptors (Lipinski definition) is 7. The number of pyridine rings is 1. The SMILES string of the molecule is Cc1cc(/C(C[C@H](c2ccc(-c3nnc(CC(=O)O)o3)cc2)c2ccccc2C)=N/O)ccn1. The van der Waals surface area contributed by atoms with Crippen molar-refractivity contribution in [2.45, 2.75) is 32.6 Å². The van der Waals surface area contributed by atoms with E-state index in [1.165, 1.54) is 0 Å². The number of aryl methyl sites for hydroxylation is 2. The van der Waals surface area contributed by atoms with Gasteiger partial charge < -0.3 is 14.7 Å². The van der Waals surface area contributed by atoms with Gasteiger partial charge in [0.05, 0.1) is 5.71 Å². The monoisotopic (exact) mass is 456 g/mol. The van der Waals surface area contributed by atoms with Crippen LogP contribution in [0.5, 0.6) is 0 Å². The molecular weight excluding hydrogens is 432 g/mol. The summed E-state index contributed by atoms with van der Waals surface area (Å²) in [5.41, 5.74) is 6.21. The number of rotatable bonds is 8. The highest BCUT2D eigenvalue weighted by Gasteiger charge is 2.21. The second-order valence-corrected chi connectivity index (χ2v) is 8.04. The number of carboxylic acids is 1. The Morgan fingerprint density at radius 2 is 1.82 bits per heavy atom. The van der Waals surface area contributed by atoms with Crippen molar-refractivity contribution in [3.8, 4) is 11.5 Å². The second-order valence-electron chi connectivity index (χ2n) is 8.04. The standard InChI is InChI=1S/C26H24N4O4/c1-16-5-3-4-6-21(16)22(14-23(30-33)20-11-12-27-17(2)13-20)18-7-9-19(10-8-18)26-29-28-24(34-26)15-25(31)32/h3-13,22,33H,14-15H2,1-2H3,(H,31,32)/b30-23+/t22-/m1/s1. The third-order valence-electron chi connectivity index (χ3n) is 5.64. The van der Waals surface area contributed by atoms with Gasteiger partial charge in [0.25, 0.3) is 0 Å². The predicted octanol–water partition coefficient (Wildman–Crippen LogP) is 4.78. The molecule has 34 heavy (non-hydrogen) atoms. The van der Waals surface area contributed by atoms with Gasteiger partial charge in [-0.25, -0.2) is 0 Å². The van der Waals surface area contributed by atoms with E-state index in [-0.39, 0.29) is 24.1 Å². The molecule has 2 aromatic carbocycles. The molecular formula is C26H24N4O4. The highest BCUT2D eigenvalue weighted by atomic mass is 16.4. The van der Waals surface area contributed by atoms with E-state index >= 15 is 0 Å². The van der Waals surface area contributed by atoms with Gasteiger partial charge in [0.15, 0.2) is 0 Å². The van der Waals surface area contributed by atoms with Crippen molar-refractivity contribution in [3.63, 3.8) is 0 Å². The van der Waals surface area contributed by atoms with Crippen molar-refractivity contribution in [2.24, 2.45) is 5.16 Å². The fraction of sp³-hybridized carbons (Fsp3) is 0.192. The smallest absolute Gasteiger partial charge is 0.312 e. The van der Waals surface area contributed by atoms with Gasteiger partial charge in [0.1, 0.15) is 6.42 Å². The minimum atomic E-state index is -1.03. The predicted molar refractivity (Wildman–Crippen MR) is 126 cm³/mol. The number of carboxylic acid groups (broad SMARTS) is 1. The van der Waals surface area contributed by atoms with E-state index < -0.39 is 5.97 Å². The van der Waals surface area contributed by atoms with Crippen LogP contribution in [0.1, 0.15) is 46.2 Å². The van der Waals surface area contributed by atoms with Crippen LogP contribution in [0.25, 0.3) is 11.5 Å². The molecule has 0 amide bonds. The summed E-state index contributed by atoms with van der Waals surface area (Å²) in [5.74, 6) is -0.779.